The molecule has 77 heavy (non-hydrogen) atoms. The molecular formula is C66H117NO10. The molecule has 0 spiro atoms. The number of aliphatic hydroxyl groups excluding tert-OH is 5. The van der Waals surface area contributed by atoms with Crippen molar-refractivity contribution in [2.24, 2.45) is 0 Å². The SMILES string of the molecule is CC/C=C\C/C=C\C/C=C\C/C=C\C/C=C\CCCCCC(=O)OC1C(OCC(NC(=O)C(O)CCCCCCCCCCCCCCCCCC)C(O)/C=C/CCCCCCCCCCCCC)OC(CO)C(O)C1O. The first kappa shape index (κ1) is 72.1. The van der Waals surface area contributed by atoms with Gasteiger partial charge in [-0.3, -0.25) is 9.59 Å². The Labute approximate surface area is 471 Å². The van der Waals surface area contributed by atoms with Gasteiger partial charge in [0.05, 0.1) is 25.4 Å². The molecule has 0 aromatic carbocycles. The minimum atomic E-state index is -1.63. The first-order valence-corrected chi connectivity index (χ1v) is 31.7. The number of aliphatic hydroxyl groups is 5. The monoisotopic (exact) mass is 1080 g/mol. The van der Waals surface area contributed by atoms with Crippen LogP contribution in [0.1, 0.15) is 271 Å². The van der Waals surface area contributed by atoms with Gasteiger partial charge in [-0.05, 0) is 70.6 Å². The molecule has 0 aromatic heterocycles. The molecule has 1 saturated heterocycles. The molecule has 1 rings (SSSR count). The van der Waals surface area contributed by atoms with Gasteiger partial charge >= 0.3 is 5.97 Å². The zero-order valence-electron chi connectivity index (χ0n) is 49.3. The van der Waals surface area contributed by atoms with Crippen LogP contribution in [0.15, 0.2) is 72.9 Å². The summed E-state index contributed by atoms with van der Waals surface area (Å²) in [6.07, 6.45) is 57.9. The number of unbranched alkanes of at least 4 members (excludes halogenated alkanes) is 29. The van der Waals surface area contributed by atoms with Gasteiger partial charge in [0.2, 0.25) is 5.91 Å². The zero-order chi connectivity index (χ0) is 56.1. The van der Waals surface area contributed by atoms with Crippen LogP contribution in [-0.2, 0) is 23.8 Å². The molecule has 1 aliphatic rings. The van der Waals surface area contributed by atoms with Gasteiger partial charge in [0.1, 0.15) is 24.4 Å². The average molecular weight is 1080 g/mol. The van der Waals surface area contributed by atoms with Crippen molar-refractivity contribution in [3.05, 3.63) is 72.9 Å². The Bertz CT molecular complexity index is 1530. The van der Waals surface area contributed by atoms with E-state index in [2.05, 4.69) is 86.8 Å². The minimum Gasteiger partial charge on any atom is -0.454 e. The van der Waals surface area contributed by atoms with Crippen molar-refractivity contribution in [3.63, 3.8) is 0 Å². The molecule has 0 radical (unpaired) electrons. The Kier molecular flexibility index (Phi) is 50.3. The molecule has 1 heterocycles. The highest BCUT2D eigenvalue weighted by molar-refractivity contribution is 5.80. The normalized spacial score (nSPS) is 19.5. The molecule has 0 saturated carbocycles. The number of hydrogen-bond acceptors (Lipinski definition) is 10. The molecule has 8 atom stereocenters. The average Bonchev–Trinajstić information content (AvgIpc) is 3.43. The number of carbonyl (C=O) groups is 2. The van der Waals surface area contributed by atoms with E-state index in [1.165, 1.54) is 135 Å². The Morgan fingerprint density at radius 1 is 0.519 bits per heavy atom. The summed E-state index contributed by atoms with van der Waals surface area (Å²) < 4.78 is 17.6. The highest BCUT2D eigenvalue weighted by Crippen LogP contribution is 2.26. The molecule has 446 valence electrons. The van der Waals surface area contributed by atoms with Crippen molar-refractivity contribution in [1.82, 2.24) is 5.32 Å². The summed E-state index contributed by atoms with van der Waals surface area (Å²) in [6, 6.07) is -1.03. The van der Waals surface area contributed by atoms with Gasteiger partial charge in [-0.2, -0.15) is 0 Å². The van der Waals surface area contributed by atoms with Crippen molar-refractivity contribution in [2.75, 3.05) is 13.2 Å². The minimum absolute atomic E-state index is 0.0831. The maximum absolute atomic E-state index is 13.4. The van der Waals surface area contributed by atoms with Gasteiger partial charge in [-0.1, -0.05) is 267 Å². The Morgan fingerprint density at radius 3 is 1.40 bits per heavy atom. The number of hydrogen-bond donors (Lipinski definition) is 6. The van der Waals surface area contributed by atoms with Gasteiger partial charge in [0.25, 0.3) is 0 Å². The second-order valence-electron chi connectivity index (χ2n) is 21.8. The van der Waals surface area contributed by atoms with Crippen LogP contribution in [0.2, 0.25) is 0 Å². The quantitative estimate of drug-likeness (QED) is 0.0195. The topological polar surface area (TPSA) is 175 Å². The van der Waals surface area contributed by atoms with Gasteiger partial charge in [0, 0.05) is 6.42 Å². The van der Waals surface area contributed by atoms with Crippen molar-refractivity contribution >= 4 is 11.9 Å². The smallest absolute Gasteiger partial charge is 0.306 e. The number of rotatable bonds is 53. The standard InChI is InChI=1S/C66H117NO10/c1-4-7-10-13-16-19-22-25-27-29-30-31-33-36-39-42-45-48-51-54-61(71)77-64-63(73)62(72)60(55-68)76-66(64)75-56-57(58(69)52-49-46-43-40-37-34-24-21-18-15-12-9-6-3)67-65(74)59(70)53-50-47-44-41-38-35-32-28-26-23-20-17-14-11-8-5-2/h7,10,16,19,25,27,30-31,36,39,49,52,57-60,62-64,66,68-70,72-73H,4-6,8-9,11-15,17-18,20-24,26,28-29,32-35,37-38,40-48,50-51,53-56H2,1-3H3,(H,67,74)/b10-7-,19-16-,27-25-,31-30-,39-36-,52-49+. The van der Waals surface area contributed by atoms with Gasteiger partial charge in [0.15, 0.2) is 12.4 Å². The van der Waals surface area contributed by atoms with E-state index < -0.39 is 67.4 Å². The number of nitrogens with one attached hydrogen (secondary N) is 1. The van der Waals surface area contributed by atoms with Gasteiger partial charge < -0.3 is 45.1 Å². The Hall–Kier alpha value is -2.90. The molecular weight excluding hydrogens is 967 g/mol. The second-order valence-corrected chi connectivity index (χ2v) is 21.8. The molecule has 6 N–H and O–H groups in total. The Balaban J connectivity index is 2.70. The van der Waals surface area contributed by atoms with Crippen molar-refractivity contribution < 1.29 is 49.3 Å². The number of allylic oxidation sites excluding steroid dienone is 11. The Morgan fingerprint density at radius 2 is 0.935 bits per heavy atom. The lowest BCUT2D eigenvalue weighted by atomic mass is 9.99. The second kappa shape index (κ2) is 53.7. The predicted molar refractivity (Wildman–Crippen MR) is 319 cm³/mol. The molecule has 0 bridgehead atoms. The van der Waals surface area contributed by atoms with Crippen LogP contribution < -0.4 is 5.32 Å². The lowest BCUT2D eigenvalue weighted by molar-refractivity contribution is -0.305. The lowest BCUT2D eigenvalue weighted by Crippen LogP contribution is -2.61. The van der Waals surface area contributed by atoms with E-state index in [0.29, 0.717) is 12.8 Å². The third kappa shape index (κ3) is 41.7. The summed E-state index contributed by atoms with van der Waals surface area (Å²) in [4.78, 5) is 26.6. The molecule has 0 aromatic rings. The van der Waals surface area contributed by atoms with E-state index >= 15 is 0 Å². The summed E-state index contributed by atoms with van der Waals surface area (Å²) in [5, 5.41) is 57.0. The zero-order valence-corrected chi connectivity index (χ0v) is 49.3. The van der Waals surface area contributed by atoms with Gasteiger partial charge in [-0.15, -0.1) is 0 Å². The number of esters is 1. The maximum atomic E-state index is 13.4. The summed E-state index contributed by atoms with van der Waals surface area (Å²) in [5.41, 5.74) is 0. The molecule has 11 heteroatoms. The van der Waals surface area contributed by atoms with E-state index in [4.69, 9.17) is 14.2 Å². The largest absolute Gasteiger partial charge is 0.454 e. The summed E-state index contributed by atoms with van der Waals surface area (Å²) in [5.74, 6) is -1.22. The molecule has 1 amide bonds. The highest BCUT2D eigenvalue weighted by atomic mass is 16.7. The third-order valence-corrected chi connectivity index (χ3v) is 14.6. The fourth-order valence-electron chi connectivity index (χ4n) is 9.62. The number of carbonyl (C=O) groups excluding carboxylic acids is 2. The van der Waals surface area contributed by atoms with E-state index in [0.717, 1.165) is 89.9 Å². The number of ether oxygens (including phenoxy) is 3. The van der Waals surface area contributed by atoms with Crippen LogP contribution >= 0.6 is 0 Å². The van der Waals surface area contributed by atoms with Crippen molar-refractivity contribution in [2.45, 2.75) is 320 Å². The van der Waals surface area contributed by atoms with Crippen molar-refractivity contribution in [3.8, 4) is 0 Å². The summed E-state index contributed by atoms with van der Waals surface area (Å²) in [6.45, 7) is 5.67. The van der Waals surface area contributed by atoms with E-state index in [9.17, 15) is 35.1 Å². The van der Waals surface area contributed by atoms with Crippen molar-refractivity contribution in [1.29, 1.82) is 0 Å². The summed E-state index contributed by atoms with van der Waals surface area (Å²) >= 11 is 0. The van der Waals surface area contributed by atoms with Crippen LogP contribution in [0, 0.1) is 0 Å². The van der Waals surface area contributed by atoms with Crippen LogP contribution in [0.25, 0.3) is 0 Å². The predicted octanol–water partition coefficient (Wildman–Crippen LogP) is 15.2. The molecule has 8 unspecified atom stereocenters. The molecule has 0 aliphatic carbocycles. The first-order chi connectivity index (χ1) is 37.7. The van der Waals surface area contributed by atoms with Crippen LogP contribution in [-0.4, -0.2) is 99.6 Å². The van der Waals surface area contributed by atoms with E-state index in [1.807, 2.05) is 6.08 Å². The van der Waals surface area contributed by atoms with E-state index in [-0.39, 0.29) is 19.4 Å². The summed E-state index contributed by atoms with van der Waals surface area (Å²) in [7, 11) is 0. The fraction of sp³-hybridized carbons (Fsp3) is 0.788. The van der Waals surface area contributed by atoms with Crippen LogP contribution in [0.5, 0.6) is 0 Å². The molecule has 1 fully saturated rings. The third-order valence-electron chi connectivity index (χ3n) is 14.6. The van der Waals surface area contributed by atoms with Gasteiger partial charge in [-0.25, -0.2) is 0 Å². The lowest BCUT2D eigenvalue weighted by Gasteiger charge is -2.41. The fourth-order valence-corrected chi connectivity index (χ4v) is 9.62. The molecule has 11 nitrogen and oxygen atoms in total. The van der Waals surface area contributed by atoms with Crippen LogP contribution in [0.4, 0.5) is 0 Å². The number of amides is 1. The first-order valence-electron chi connectivity index (χ1n) is 31.7. The van der Waals surface area contributed by atoms with E-state index in [1.54, 1.807) is 6.08 Å². The molecule has 1 aliphatic heterocycles. The highest BCUT2D eigenvalue weighted by Gasteiger charge is 2.47. The maximum Gasteiger partial charge on any atom is 0.306 e. The van der Waals surface area contributed by atoms with Crippen LogP contribution in [0.3, 0.4) is 0 Å².